The number of benzene rings is 1. The molecule has 0 atom stereocenters. The van der Waals surface area contributed by atoms with E-state index in [1.807, 2.05) is 0 Å². The van der Waals surface area contributed by atoms with E-state index in [-0.39, 0.29) is 16.8 Å². The largest absolute Gasteiger partial charge is 0.489 e. The molecule has 0 N–H and O–H groups in total. The third kappa shape index (κ3) is 2.84. The van der Waals surface area contributed by atoms with E-state index in [1.54, 1.807) is 0 Å². The summed E-state index contributed by atoms with van der Waals surface area (Å²) in [5.41, 5.74) is -0.0996. The molecule has 2 rings (SSSR count). The van der Waals surface area contributed by atoms with E-state index >= 15 is 0 Å². The van der Waals surface area contributed by atoms with E-state index in [0.29, 0.717) is 5.75 Å². The molecule has 0 radical (unpaired) electrons. The van der Waals surface area contributed by atoms with Crippen LogP contribution in [0.25, 0.3) is 0 Å². The van der Waals surface area contributed by atoms with Crippen molar-refractivity contribution < 1.29 is 13.9 Å². The quantitative estimate of drug-likeness (QED) is 0.609. The molecule has 5 heteroatoms. The van der Waals surface area contributed by atoms with Crippen molar-refractivity contribution in [2.45, 2.75) is 31.8 Å². The van der Waals surface area contributed by atoms with Gasteiger partial charge >= 0.3 is 0 Å². The SMILES string of the molecule is O=C=Nc1cc(OC2CCCC2)c(Cl)cc1F. The van der Waals surface area contributed by atoms with Crippen molar-refractivity contribution in [2.75, 3.05) is 0 Å². The molecule has 0 amide bonds. The number of isocyanates is 1. The first-order valence-electron chi connectivity index (χ1n) is 5.44. The molecule has 1 aliphatic carbocycles. The van der Waals surface area contributed by atoms with Gasteiger partial charge in [0.2, 0.25) is 6.08 Å². The average molecular weight is 256 g/mol. The van der Waals surface area contributed by atoms with Crippen molar-refractivity contribution in [3.63, 3.8) is 0 Å². The Balaban J connectivity index is 2.25. The maximum Gasteiger partial charge on any atom is 0.240 e. The minimum Gasteiger partial charge on any atom is -0.489 e. The van der Waals surface area contributed by atoms with E-state index in [4.69, 9.17) is 16.3 Å². The van der Waals surface area contributed by atoms with Gasteiger partial charge in [-0.05, 0) is 31.7 Å². The molecule has 0 spiro atoms. The van der Waals surface area contributed by atoms with Crippen molar-refractivity contribution >= 4 is 23.4 Å². The molecule has 1 aliphatic rings. The van der Waals surface area contributed by atoms with E-state index in [9.17, 15) is 9.18 Å². The number of ether oxygens (including phenoxy) is 1. The zero-order chi connectivity index (χ0) is 12.3. The molecule has 3 nitrogen and oxygen atoms in total. The van der Waals surface area contributed by atoms with Crippen LogP contribution in [0, 0.1) is 5.82 Å². The molecule has 0 saturated heterocycles. The van der Waals surface area contributed by atoms with Crippen molar-refractivity contribution in [2.24, 2.45) is 4.99 Å². The highest BCUT2D eigenvalue weighted by Crippen LogP contribution is 2.34. The van der Waals surface area contributed by atoms with Gasteiger partial charge in [0.1, 0.15) is 11.4 Å². The second kappa shape index (κ2) is 5.30. The highest BCUT2D eigenvalue weighted by atomic mass is 35.5. The summed E-state index contributed by atoms with van der Waals surface area (Å²) in [7, 11) is 0. The smallest absolute Gasteiger partial charge is 0.240 e. The number of hydrogen-bond donors (Lipinski definition) is 0. The summed E-state index contributed by atoms with van der Waals surface area (Å²) >= 11 is 5.87. The molecule has 1 aromatic rings. The zero-order valence-electron chi connectivity index (χ0n) is 9.08. The van der Waals surface area contributed by atoms with Crippen LogP contribution in [0.1, 0.15) is 25.7 Å². The van der Waals surface area contributed by atoms with E-state index in [0.717, 1.165) is 31.7 Å². The van der Waals surface area contributed by atoms with E-state index in [1.165, 1.54) is 12.1 Å². The number of rotatable bonds is 3. The minimum absolute atomic E-state index is 0.0996. The van der Waals surface area contributed by atoms with Crippen LogP contribution in [0.3, 0.4) is 0 Å². The normalized spacial score (nSPS) is 15.6. The van der Waals surface area contributed by atoms with Crippen molar-refractivity contribution in [3.05, 3.63) is 23.0 Å². The molecule has 1 saturated carbocycles. The van der Waals surface area contributed by atoms with Crippen molar-refractivity contribution in [1.29, 1.82) is 0 Å². The van der Waals surface area contributed by atoms with Crippen LogP contribution in [0.15, 0.2) is 17.1 Å². The van der Waals surface area contributed by atoms with E-state index in [2.05, 4.69) is 4.99 Å². The highest BCUT2D eigenvalue weighted by Gasteiger charge is 2.19. The molecule has 0 bridgehead atoms. The van der Waals surface area contributed by atoms with Gasteiger partial charge in [0.05, 0.1) is 11.1 Å². The summed E-state index contributed by atoms with van der Waals surface area (Å²) in [4.78, 5) is 13.4. The van der Waals surface area contributed by atoms with Gasteiger partial charge in [0.25, 0.3) is 0 Å². The lowest BCUT2D eigenvalue weighted by atomic mass is 10.2. The van der Waals surface area contributed by atoms with Crippen LogP contribution in [0.2, 0.25) is 5.02 Å². The first-order valence-corrected chi connectivity index (χ1v) is 5.82. The summed E-state index contributed by atoms with van der Waals surface area (Å²) in [6.45, 7) is 0. The number of aliphatic imine (C=N–C) groups is 1. The summed E-state index contributed by atoms with van der Waals surface area (Å²) in [6, 6.07) is 2.43. The number of nitrogens with zero attached hydrogens (tertiary/aromatic N) is 1. The second-order valence-electron chi connectivity index (χ2n) is 3.96. The van der Waals surface area contributed by atoms with Gasteiger partial charge in [-0.3, -0.25) is 0 Å². The topological polar surface area (TPSA) is 38.7 Å². The zero-order valence-corrected chi connectivity index (χ0v) is 9.84. The Kier molecular flexibility index (Phi) is 3.77. The van der Waals surface area contributed by atoms with Crippen LogP contribution < -0.4 is 4.74 Å². The molecular formula is C12H11ClFNO2. The molecular weight excluding hydrogens is 245 g/mol. The Hall–Kier alpha value is -1.38. The van der Waals surface area contributed by atoms with Crippen LogP contribution in [0.4, 0.5) is 10.1 Å². The van der Waals surface area contributed by atoms with Crippen molar-refractivity contribution in [1.82, 2.24) is 0 Å². The maximum atomic E-state index is 13.3. The fraction of sp³-hybridized carbons (Fsp3) is 0.417. The van der Waals surface area contributed by atoms with Crippen LogP contribution in [0.5, 0.6) is 5.75 Å². The molecule has 0 aliphatic heterocycles. The first kappa shape index (κ1) is 12.1. The highest BCUT2D eigenvalue weighted by molar-refractivity contribution is 6.32. The first-order chi connectivity index (χ1) is 8.20. The van der Waals surface area contributed by atoms with Gasteiger partial charge in [0, 0.05) is 6.07 Å². The molecule has 0 aromatic heterocycles. The van der Waals surface area contributed by atoms with Gasteiger partial charge < -0.3 is 4.74 Å². The molecule has 0 heterocycles. The van der Waals surface area contributed by atoms with Crippen molar-refractivity contribution in [3.8, 4) is 5.75 Å². The molecule has 0 unspecified atom stereocenters. The lowest BCUT2D eigenvalue weighted by Crippen LogP contribution is -2.11. The predicted octanol–water partition coefficient (Wildman–Crippen LogP) is 3.77. The van der Waals surface area contributed by atoms with Gasteiger partial charge in [-0.25, -0.2) is 9.18 Å². The molecule has 1 aromatic carbocycles. The van der Waals surface area contributed by atoms with Crippen LogP contribution in [-0.2, 0) is 4.79 Å². The monoisotopic (exact) mass is 255 g/mol. The lowest BCUT2D eigenvalue weighted by molar-refractivity contribution is 0.210. The number of carbonyl (C=O) groups excluding carboxylic acids is 1. The van der Waals surface area contributed by atoms with Gasteiger partial charge in [-0.1, -0.05) is 11.6 Å². The Morgan fingerprint density at radius 3 is 2.76 bits per heavy atom. The number of hydrogen-bond acceptors (Lipinski definition) is 3. The average Bonchev–Trinajstić information content (AvgIpc) is 2.78. The Morgan fingerprint density at radius 1 is 1.41 bits per heavy atom. The standard InChI is InChI=1S/C12H11ClFNO2/c13-9-5-10(14)11(15-7-16)6-12(9)17-8-3-1-2-4-8/h5-6,8H,1-4H2. The van der Waals surface area contributed by atoms with Gasteiger partial charge in [-0.15, -0.1) is 0 Å². The summed E-state index contributed by atoms with van der Waals surface area (Å²) in [6.07, 6.45) is 5.62. The Morgan fingerprint density at radius 2 is 2.12 bits per heavy atom. The third-order valence-electron chi connectivity index (χ3n) is 2.76. The Bertz CT molecular complexity index is 466. The summed E-state index contributed by atoms with van der Waals surface area (Å²) < 4.78 is 19.0. The summed E-state index contributed by atoms with van der Waals surface area (Å²) in [5, 5.41) is 0.194. The predicted molar refractivity (Wildman–Crippen MR) is 62.1 cm³/mol. The molecule has 1 fully saturated rings. The van der Waals surface area contributed by atoms with Crippen LogP contribution >= 0.6 is 11.6 Å². The number of halogens is 2. The minimum atomic E-state index is -0.655. The fourth-order valence-electron chi connectivity index (χ4n) is 1.93. The second-order valence-corrected chi connectivity index (χ2v) is 4.37. The molecule has 90 valence electrons. The summed E-state index contributed by atoms with van der Waals surface area (Å²) in [5.74, 6) is -0.286. The maximum absolute atomic E-state index is 13.3. The van der Waals surface area contributed by atoms with E-state index < -0.39 is 5.82 Å². The third-order valence-corrected chi connectivity index (χ3v) is 3.06. The fourth-order valence-corrected chi connectivity index (χ4v) is 2.12. The van der Waals surface area contributed by atoms with Crippen LogP contribution in [-0.4, -0.2) is 12.2 Å². The Labute approximate surface area is 103 Å². The lowest BCUT2D eigenvalue weighted by Gasteiger charge is -2.14. The molecule has 17 heavy (non-hydrogen) atoms. The van der Waals surface area contributed by atoms with Gasteiger partial charge in [-0.2, -0.15) is 4.99 Å². The van der Waals surface area contributed by atoms with Gasteiger partial charge in [0.15, 0.2) is 5.82 Å².